The van der Waals surface area contributed by atoms with E-state index in [0.717, 1.165) is 22.6 Å². The summed E-state index contributed by atoms with van der Waals surface area (Å²) in [6.45, 7) is 2.00. The molecule has 3 aromatic carbocycles. The zero-order valence-electron chi connectivity index (χ0n) is 23.8. The number of ether oxygens (including phenoxy) is 1. The first-order valence-corrected chi connectivity index (χ1v) is 15.7. The maximum Gasteiger partial charge on any atom is 0.225 e. The van der Waals surface area contributed by atoms with E-state index >= 15 is 4.39 Å². The van der Waals surface area contributed by atoms with Gasteiger partial charge in [0.15, 0.2) is 0 Å². The van der Waals surface area contributed by atoms with Crippen LogP contribution in [0.5, 0.6) is 5.88 Å². The highest BCUT2D eigenvalue weighted by Gasteiger charge is 2.28. The van der Waals surface area contributed by atoms with Crippen molar-refractivity contribution in [3.8, 4) is 5.88 Å². The molecule has 4 aromatic rings. The molecule has 43 heavy (non-hydrogen) atoms. The smallest absolute Gasteiger partial charge is 0.225 e. The van der Waals surface area contributed by atoms with E-state index in [2.05, 4.69) is 15.6 Å². The van der Waals surface area contributed by atoms with E-state index in [1.807, 2.05) is 52.8 Å². The number of methoxy groups -OCH3 is 1. The molecule has 2 N–H and O–H groups in total. The van der Waals surface area contributed by atoms with E-state index < -0.39 is 11.0 Å². The summed E-state index contributed by atoms with van der Waals surface area (Å²) in [5, 5.41) is 6.94. The Kier molecular flexibility index (Phi) is 10.5. The van der Waals surface area contributed by atoms with E-state index in [0.29, 0.717) is 48.1 Å². The topological polar surface area (TPSA) is 83.6 Å². The van der Waals surface area contributed by atoms with Crippen molar-refractivity contribution >= 4 is 34.2 Å². The van der Waals surface area contributed by atoms with Gasteiger partial charge in [-0.1, -0.05) is 54.1 Å². The molecule has 7 nitrogen and oxygen atoms in total. The van der Waals surface area contributed by atoms with E-state index in [-0.39, 0.29) is 30.1 Å². The Morgan fingerprint density at radius 1 is 1.09 bits per heavy atom. The first-order chi connectivity index (χ1) is 20.9. The number of amides is 1. The molecule has 1 fully saturated rings. The fraction of sp³-hybridized carbons (Fsp3) is 0.273. The minimum absolute atomic E-state index is 0.0604. The van der Waals surface area contributed by atoms with Crippen LogP contribution in [-0.2, 0) is 22.2 Å². The van der Waals surface area contributed by atoms with Crippen LogP contribution in [-0.4, -0.2) is 52.2 Å². The number of rotatable bonds is 11. The number of pyridine rings is 1. The molecule has 2 heterocycles. The highest BCUT2D eigenvalue weighted by molar-refractivity contribution is 7.82. The number of nitrogens with one attached hydrogen (secondary N) is 2. The van der Waals surface area contributed by atoms with Crippen molar-refractivity contribution < 1.29 is 18.1 Å². The fourth-order valence-electron chi connectivity index (χ4n) is 5.35. The molecule has 5 rings (SSSR count). The fourth-order valence-corrected chi connectivity index (χ4v) is 6.84. The Bertz CT molecular complexity index is 1540. The molecular weight excluding hydrogens is 587 g/mol. The van der Waals surface area contributed by atoms with E-state index in [9.17, 15) is 9.00 Å². The molecule has 0 aliphatic carbocycles. The van der Waals surface area contributed by atoms with Crippen molar-refractivity contribution in [1.82, 2.24) is 14.6 Å². The van der Waals surface area contributed by atoms with Gasteiger partial charge in [0.25, 0.3) is 0 Å². The number of halogens is 2. The van der Waals surface area contributed by atoms with Crippen LogP contribution in [0.25, 0.3) is 0 Å². The number of aromatic nitrogens is 1. The van der Waals surface area contributed by atoms with Crippen LogP contribution >= 0.6 is 11.6 Å². The Morgan fingerprint density at radius 3 is 2.58 bits per heavy atom. The van der Waals surface area contributed by atoms with Crippen LogP contribution in [0.3, 0.4) is 0 Å². The van der Waals surface area contributed by atoms with Crippen molar-refractivity contribution in [3.05, 3.63) is 119 Å². The third kappa shape index (κ3) is 7.86. The van der Waals surface area contributed by atoms with Gasteiger partial charge in [-0.3, -0.25) is 4.79 Å². The summed E-state index contributed by atoms with van der Waals surface area (Å²) in [6.07, 6.45) is 2.75. The lowest BCUT2D eigenvalue weighted by Crippen LogP contribution is -2.51. The van der Waals surface area contributed by atoms with Gasteiger partial charge in [-0.15, -0.1) is 0 Å². The van der Waals surface area contributed by atoms with Crippen molar-refractivity contribution in [3.63, 3.8) is 0 Å². The van der Waals surface area contributed by atoms with Gasteiger partial charge in [-0.25, -0.2) is 17.9 Å². The molecule has 10 heteroatoms. The normalized spacial score (nSPS) is 16.8. The Hall–Kier alpha value is -3.63. The number of nitrogens with zero attached hydrogens (tertiary/aromatic N) is 2. The third-order valence-electron chi connectivity index (χ3n) is 7.61. The lowest BCUT2D eigenvalue weighted by Gasteiger charge is -2.35. The first kappa shape index (κ1) is 30.8. The van der Waals surface area contributed by atoms with Gasteiger partial charge in [0.05, 0.1) is 12.0 Å². The number of anilines is 1. The highest BCUT2D eigenvalue weighted by atomic mass is 35.5. The monoisotopic (exact) mass is 620 g/mol. The zero-order valence-corrected chi connectivity index (χ0v) is 25.4. The van der Waals surface area contributed by atoms with Crippen LogP contribution in [0.1, 0.15) is 35.4 Å². The summed E-state index contributed by atoms with van der Waals surface area (Å²) in [4.78, 5) is 18.5. The van der Waals surface area contributed by atoms with Gasteiger partial charge in [0, 0.05) is 66.6 Å². The van der Waals surface area contributed by atoms with Crippen LogP contribution < -0.4 is 15.4 Å². The second kappa shape index (κ2) is 14.7. The average molecular weight is 621 g/mol. The Balaban J connectivity index is 1.31. The van der Waals surface area contributed by atoms with Gasteiger partial charge in [-0.2, -0.15) is 0 Å². The molecule has 1 saturated heterocycles. The molecule has 2 unspecified atom stereocenters. The maximum absolute atomic E-state index is 15.2. The lowest BCUT2D eigenvalue weighted by molar-refractivity contribution is -0.116. The molecule has 224 valence electrons. The molecule has 3 atom stereocenters. The summed E-state index contributed by atoms with van der Waals surface area (Å²) in [5.74, 6) is -0.464. The SMILES string of the molecule is COc1ccc([C@@H](CC(=O)Nc2cccc(F)c2CCC2CNCCN2S(=O)c2ccccc2)c2ccc(Cl)cc2)cn1. The summed E-state index contributed by atoms with van der Waals surface area (Å²) in [7, 11) is 0.233. The van der Waals surface area contributed by atoms with E-state index in [1.165, 1.54) is 6.07 Å². The number of hydrogen-bond donors (Lipinski definition) is 2. The number of hydrogen-bond acceptors (Lipinski definition) is 5. The number of carbonyl (C=O) groups excluding carboxylic acids is 1. The zero-order chi connectivity index (χ0) is 30.2. The summed E-state index contributed by atoms with van der Waals surface area (Å²) in [5.41, 5.74) is 2.62. The highest BCUT2D eigenvalue weighted by Crippen LogP contribution is 2.31. The standard InChI is InChI=1S/C33H34ClFN4O3S/c1-42-33-17-12-24(21-37-33)29(23-10-13-25(34)14-11-23)20-32(40)38-31-9-5-8-30(35)28(31)16-15-26-22-36-18-19-39(26)43(41)27-6-3-2-4-7-27/h2-14,17,21,26,29,36H,15-16,18-20,22H2,1H3,(H,38,40)/t26?,29-,43?/m0/s1. The van der Waals surface area contributed by atoms with Crippen LogP contribution in [0, 0.1) is 5.82 Å². The van der Waals surface area contributed by atoms with Crippen molar-refractivity contribution in [2.75, 3.05) is 32.1 Å². The van der Waals surface area contributed by atoms with Gasteiger partial charge in [0.1, 0.15) is 16.8 Å². The molecule has 1 aliphatic rings. The third-order valence-corrected chi connectivity index (χ3v) is 9.44. The lowest BCUT2D eigenvalue weighted by atomic mass is 9.89. The molecule has 0 saturated carbocycles. The Labute approximate surface area is 259 Å². The molecule has 1 amide bonds. The summed E-state index contributed by atoms with van der Waals surface area (Å²) in [6, 6.07) is 25.0. The van der Waals surface area contributed by atoms with Crippen LogP contribution in [0.4, 0.5) is 10.1 Å². The molecule has 1 aromatic heterocycles. The van der Waals surface area contributed by atoms with Gasteiger partial charge < -0.3 is 15.4 Å². The minimum Gasteiger partial charge on any atom is -0.481 e. The number of carbonyl (C=O) groups is 1. The van der Waals surface area contributed by atoms with Gasteiger partial charge >= 0.3 is 0 Å². The summed E-state index contributed by atoms with van der Waals surface area (Å²) >= 11 is 6.12. The summed E-state index contributed by atoms with van der Waals surface area (Å²) < 4.78 is 35.7. The van der Waals surface area contributed by atoms with E-state index in [4.69, 9.17) is 16.3 Å². The molecule has 1 aliphatic heterocycles. The predicted molar refractivity (Wildman–Crippen MR) is 168 cm³/mol. The largest absolute Gasteiger partial charge is 0.481 e. The molecule has 0 bridgehead atoms. The van der Waals surface area contributed by atoms with Gasteiger partial charge in [-0.05, 0) is 60.4 Å². The number of benzene rings is 3. The molecule has 0 radical (unpaired) electrons. The van der Waals surface area contributed by atoms with Crippen molar-refractivity contribution in [1.29, 1.82) is 0 Å². The van der Waals surface area contributed by atoms with Crippen LogP contribution in [0.2, 0.25) is 5.02 Å². The van der Waals surface area contributed by atoms with E-state index in [1.54, 1.807) is 43.6 Å². The average Bonchev–Trinajstić information content (AvgIpc) is 3.04. The van der Waals surface area contributed by atoms with Crippen molar-refractivity contribution in [2.24, 2.45) is 0 Å². The number of piperazine rings is 1. The quantitative estimate of drug-likeness (QED) is 0.216. The van der Waals surface area contributed by atoms with Gasteiger partial charge in [0.2, 0.25) is 11.8 Å². The Morgan fingerprint density at radius 2 is 1.86 bits per heavy atom. The first-order valence-electron chi connectivity index (χ1n) is 14.2. The second-order valence-electron chi connectivity index (χ2n) is 10.4. The second-order valence-corrected chi connectivity index (χ2v) is 12.2. The predicted octanol–water partition coefficient (Wildman–Crippen LogP) is 5.97. The molecule has 0 spiro atoms. The van der Waals surface area contributed by atoms with Crippen molar-refractivity contribution in [2.45, 2.75) is 36.1 Å². The minimum atomic E-state index is -1.32. The molecular formula is C33H34ClFN4O3S. The van der Waals surface area contributed by atoms with Crippen LogP contribution in [0.15, 0.2) is 96.0 Å². The maximum atomic E-state index is 15.2.